The number of hydrogen-bond donors (Lipinski definition) is 2. The van der Waals surface area contributed by atoms with Gasteiger partial charge >= 0.3 is 0 Å². The van der Waals surface area contributed by atoms with Gasteiger partial charge in [0.2, 0.25) is 15.0 Å². The second-order valence-corrected chi connectivity index (χ2v) is 7.71. The van der Waals surface area contributed by atoms with Gasteiger partial charge in [-0.05, 0) is 23.0 Å². The molecule has 0 spiro atoms. The molecule has 0 bridgehead atoms. The highest BCUT2D eigenvalue weighted by Crippen LogP contribution is 2.17. The van der Waals surface area contributed by atoms with Gasteiger partial charge < -0.3 is 0 Å². The quantitative estimate of drug-likeness (QED) is 0.629. The minimum Gasteiger partial charge on any atom is -0.235 e. The molecule has 0 radical (unpaired) electrons. The minimum absolute atomic E-state index is 0.0639. The van der Waals surface area contributed by atoms with Gasteiger partial charge in [-0.25, -0.2) is 31.0 Å². The molecule has 0 fully saturated rings. The standard InChI is InChI=1S/C6H12BrN5O4S2/c1-8-17(13,14)4-3-9-18(15,16)6-5(7)10-11-12(6)2/h8-9H,3-4H2,1-2H3. The van der Waals surface area contributed by atoms with E-state index in [1.54, 1.807) is 0 Å². The SMILES string of the molecule is CNS(=O)(=O)CCNS(=O)(=O)c1c(Br)nnn1C. The predicted molar refractivity (Wildman–Crippen MR) is 66.7 cm³/mol. The maximum absolute atomic E-state index is 11.9. The molecule has 9 nitrogen and oxygen atoms in total. The van der Waals surface area contributed by atoms with Crippen molar-refractivity contribution in [3.05, 3.63) is 4.60 Å². The summed E-state index contributed by atoms with van der Waals surface area (Å²) in [6.07, 6.45) is 0. The van der Waals surface area contributed by atoms with Crippen LogP contribution in [-0.4, -0.2) is 51.2 Å². The van der Waals surface area contributed by atoms with Crippen molar-refractivity contribution in [2.24, 2.45) is 7.05 Å². The van der Waals surface area contributed by atoms with Crippen molar-refractivity contribution in [1.29, 1.82) is 0 Å². The lowest BCUT2D eigenvalue weighted by atomic mass is 10.8. The molecule has 0 saturated heterocycles. The Bertz CT molecular complexity index is 603. The highest BCUT2D eigenvalue weighted by molar-refractivity contribution is 9.10. The van der Waals surface area contributed by atoms with Gasteiger partial charge in [-0.1, -0.05) is 5.21 Å². The zero-order chi connectivity index (χ0) is 14.0. The van der Waals surface area contributed by atoms with E-state index in [1.165, 1.54) is 14.1 Å². The second kappa shape index (κ2) is 5.61. The topological polar surface area (TPSA) is 123 Å². The number of nitrogens with one attached hydrogen (secondary N) is 2. The summed E-state index contributed by atoms with van der Waals surface area (Å²) in [5.41, 5.74) is 0. The Balaban J connectivity index is 2.79. The van der Waals surface area contributed by atoms with Crippen LogP contribution in [0.5, 0.6) is 0 Å². The summed E-state index contributed by atoms with van der Waals surface area (Å²) >= 11 is 2.95. The Morgan fingerprint density at radius 1 is 1.33 bits per heavy atom. The highest BCUT2D eigenvalue weighted by Gasteiger charge is 2.23. The average molecular weight is 362 g/mol. The van der Waals surface area contributed by atoms with Crippen LogP contribution in [0.1, 0.15) is 0 Å². The fourth-order valence-electron chi connectivity index (χ4n) is 1.09. The number of rotatable bonds is 6. The summed E-state index contributed by atoms with van der Waals surface area (Å²) in [5, 5.41) is 6.90. The van der Waals surface area contributed by atoms with Crippen LogP contribution in [0.3, 0.4) is 0 Å². The molecule has 2 N–H and O–H groups in total. The lowest BCUT2D eigenvalue weighted by Crippen LogP contribution is -2.33. The minimum atomic E-state index is -3.86. The molecule has 1 aromatic rings. The summed E-state index contributed by atoms with van der Waals surface area (Å²) in [4.78, 5) is 0. The molecule has 18 heavy (non-hydrogen) atoms. The van der Waals surface area contributed by atoms with E-state index in [-0.39, 0.29) is 21.9 Å². The maximum Gasteiger partial charge on any atom is 0.260 e. The molecule has 0 atom stereocenters. The normalized spacial score (nSPS) is 12.8. The van der Waals surface area contributed by atoms with Crippen LogP contribution in [0.15, 0.2) is 9.63 Å². The van der Waals surface area contributed by atoms with Gasteiger partial charge in [-0.15, -0.1) is 5.10 Å². The number of hydrogen-bond acceptors (Lipinski definition) is 6. The zero-order valence-corrected chi connectivity index (χ0v) is 12.8. The molecule has 0 aliphatic carbocycles. The van der Waals surface area contributed by atoms with E-state index in [2.05, 4.69) is 35.7 Å². The van der Waals surface area contributed by atoms with Gasteiger partial charge in [-0.3, -0.25) is 0 Å². The summed E-state index contributed by atoms with van der Waals surface area (Å²) in [6, 6.07) is 0. The second-order valence-electron chi connectivity index (χ2n) is 3.23. The summed E-state index contributed by atoms with van der Waals surface area (Å²) in [6.45, 7) is -0.247. The molecule has 0 saturated carbocycles. The van der Waals surface area contributed by atoms with E-state index >= 15 is 0 Å². The number of halogens is 1. The van der Waals surface area contributed by atoms with Gasteiger partial charge in [0, 0.05) is 13.6 Å². The number of sulfonamides is 2. The predicted octanol–water partition coefficient (Wildman–Crippen LogP) is -1.59. The fraction of sp³-hybridized carbons (Fsp3) is 0.667. The Morgan fingerprint density at radius 2 is 1.94 bits per heavy atom. The Labute approximate surface area is 113 Å². The van der Waals surface area contributed by atoms with Crippen LogP contribution in [0.4, 0.5) is 0 Å². The highest BCUT2D eigenvalue weighted by atomic mass is 79.9. The molecular formula is C6H12BrN5O4S2. The summed E-state index contributed by atoms with van der Waals surface area (Å²) in [5.74, 6) is -0.356. The van der Waals surface area contributed by atoms with Crippen LogP contribution in [-0.2, 0) is 27.1 Å². The van der Waals surface area contributed by atoms with Crippen LogP contribution in [0.2, 0.25) is 0 Å². The molecule has 0 aliphatic heterocycles. The summed E-state index contributed by atoms with van der Waals surface area (Å²) < 4.78 is 51.3. The molecule has 1 aromatic heterocycles. The first-order chi connectivity index (χ1) is 8.19. The smallest absolute Gasteiger partial charge is 0.235 e. The van der Waals surface area contributed by atoms with Crippen molar-refractivity contribution in [2.45, 2.75) is 5.03 Å². The van der Waals surface area contributed by atoms with Crippen molar-refractivity contribution in [3.8, 4) is 0 Å². The first kappa shape index (κ1) is 15.5. The van der Waals surface area contributed by atoms with Crippen molar-refractivity contribution in [1.82, 2.24) is 24.4 Å². The van der Waals surface area contributed by atoms with E-state index in [4.69, 9.17) is 0 Å². The average Bonchev–Trinajstić information content (AvgIpc) is 2.58. The molecule has 0 aliphatic rings. The monoisotopic (exact) mass is 361 g/mol. The third-order valence-electron chi connectivity index (χ3n) is 1.97. The Kier molecular flexibility index (Phi) is 4.83. The van der Waals surface area contributed by atoms with Gasteiger partial charge in [0.25, 0.3) is 10.0 Å². The van der Waals surface area contributed by atoms with Crippen molar-refractivity contribution in [3.63, 3.8) is 0 Å². The zero-order valence-electron chi connectivity index (χ0n) is 9.58. The maximum atomic E-state index is 11.9. The fourth-order valence-corrected chi connectivity index (χ4v) is 3.91. The lowest BCUT2D eigenvalue weighted by molar-refractivity contribution is 0.561. The number of aromatic nitrogens is 3. The largest absolute Gasteiger partial charge is 0.260 e. The molecule has 0 amide bonds. The first-order valence-corrected chi connectivity index (χ1v) is 8.58. The first-order valence-electron chi connectivity index (χ1n) is 4.65. The van der Waals surface area contributed by atoms with Gasteiger partial charge in [0.05, 0.1) is 5.75 Å². The molecule has 1 heterocycles. The van der Waals surface area contributed by atoms with Crippen LogP contribution >= 0.6 is 15.9 Å². The molecular weight excluding hydrogens is 350 g/mol. The third-order valence-corrected chi connectivity index (χ3v) is 5.68. The van der Waals surface area contributed by atoms with E-state index in [9.17, 15) is 16.8 Å². The van der Waals surface area contributed by atoms with Gasteiger partial charge in [0.1, 0.15) is 0 Å². The third kappa shape index (κ3) is 3.71. The van der Waals surface area contributed by atoms with Gasteiger partial charge in [0.15, 0.2) is 4.60 Å². The van der Waals surface area contributed by atoms with Crippen LogP contribution in [0, 0.1) is 0 Å². The van der Waals surface area contributed by atoms with Crippen molar-refractivity contribution in [2.75, 3.05) is 19.3 Å². The lowest BCUT2D eigenvalue weighted by Gasteiger charge is -2.06. The Hall–Kier alpha value is -0.560. The van der Waals surface area contributed by atoms with Crippen LogP contribution < -0.4 is 9.44 Å². The van der Waals surface area contributed by atoms with Gasteiger partial charge in [-0.2, -0.15) is 0 Å². The van der Waals surface area contributed by atoms with E-state index in [0.29, 0.717) is 0 Å². The number of aryl methyl sites for hydroxylation is 1. The van der Waals surface area contributed by atoms with Crippen molar-refractivity contribution >= 4 is 36.0 Å². The summed E-state index contributed by atoms with van der Waals surface area (Å²) in [7, 11) is -4.65. The molecule has 1 rings (SSSR count). The molecule has 0 aromatic carbocycles. The van der Waals surface area contributed by atoms with Crippen molar-refractivity contribution < 1.29 is 16.8 Å². The van der Waals surface area contributed by atoms with E-state index in [1.807, 2.05) is 0 Å². The number of nitrogens with zero attached hydrogens (tertiary/aromatic N) is 3. The van der Waals surface area contributed by atoms with E-state index < -0.39 is 20.0 Å². The molecule has 0 unspecified atom stereocenters. The Morgan fingerprint density at radius 3 is 2.39 bits per heavy atom. The molecule has 12 heteroatoms. The van der Waals surface area contributed by atoms with Crippen LogP contribution in [0.25, 0.3) is 0 Å². The van der Waals surface area contributed by atoms with E-state index in [0.717, 1.165) is 4.68 Å². The molecule has 104 valence electrons.